The van der Waals surface area contributed by atoms with Crippen molar-refractivity contribution in [2.75, 3.05) is 0 Å². The Morgan fingerprint density at radius 3 is 2.94 bits per heavy atom. The molecule has 0 spiro atoms. The van der Waals surface area contributed by atoms with E-state index in [0.717, 1.165) is 24.6 Å². The van der Waals surface area contributed by atoms with Crippen molar-refractivity contribution in [1.29, 1.82) is 0 Å². The van der Waals surface area contributed by atoms with E-state index in [9.17, 15) is 0 Å². The fraction of sp³-hybridized carbons (Fsp3) is 0.455. The maximum absolute atomic E-state index is 5.81. The molecule has 0 aromatic carbocycles. The predicted molar refractivity (Wildman–Crippen MR) is 63.5 cm³/mol. The lowest BCUT2D eigenvalue weighted by molar-refractivity contribution is 0.592. The number of aryl methyl sites for hydroxylation is 2. The van der Waals surface area contributed by atoms with E-state index in [1.165, 1.54) is 5.69 Å². The summed E-state index contributed by atoms with van der Waals surface area (Å²) in [6.45, 7) is 5.75. The standard InChI is InChI=1S/C11H15ClN4/c1-3-16-10(6-9(2)14-16)8-15-5-4-13-11(15)7-12/h4-6H,3,7-8H2,1-2H3. The first kappa shape index (κ1) is 11.2. The topological polar surface area (TPSA) is 35.6 Å². The fourth-order valence-electron chi connectivity index (χ4n) is 1.79. The lowest BCUT2D eigenvalue weighted by Gasteiger charge is -2.07. The first-order chi connectivity index (χ1) is 7.74. The molecule has 0 aliphatic rings. The number of hydrogen-bond acceptors (Lipinski definition) is 2. The van der Waals surface area contributed by atoms with Crippen molar-refractivity contribution in [3.63, 3.8) is 0 Å². The second-order valence-electron chi connectivity index (χ2n) is 3.70. The van der Waals surface area contributed by atoms with Crippen LogP contribution in [0.3, 0.4) is 0 Å². The van der Waals surface area contributed by atoms with Gasteiger partial charge in [0.25, 0.3) is 0 Å². The molecule has 0 radical (unpaired) electrons. The van der Waals surface area contributed by atoms with E-state index in [2.05, 4.69) is 27.6 Å². The van der Waals surface area contributed by atoms with Gasteiger partial charge in [-0.25, -0.2) is 4.98 Å². The summed E-state index contributed by atoms with van der Waals surface area (Å²) in [6, 6.07) is 2.10. The highest BCUT2D eigenvalue weighted by Gasteiger charge is 2.07. The van der Waals surface area contributed by atoms with Crippen LogP contribution in [0.25, 0.3) is 0 Å². The van der Waals surface area contributed by atoms with Crippen molar-refractivity contribution in [3.05, 3.63) is 35.7 Å². The molecule has 0 N–H and O–H groups in total. The molecule has 2 heterocycles. The Balaban J connectivity index is 2.26. The van der Waals surface area contributed by atoms with Gasteiger partial charge in [-0.1, -0.05) is 0 Å². The minimum atomic E-state index is 0.437. The number of halogens is 1. The molecule has 0 amide bonds. The van der Waals surface area contributed by atoms with Gasteiger partial charge in [-0.3, -0.25) is 4.68 Å². The quantitative estimate of drug-likeness (QED) is 0.766. The first-order valence-electron chi connectivity index (χ1n) is 5.34. The van der Waals surface area contributed by atoms with Gasteiger partial charge < -0.3 is 4.57 Å². The van der Waals surface area contributed by atoms with Crippen molar-refractivity contribution >= 4 is 11.6 Å². The molecule has 0 unspecified atom stereocenters. The van der Waals surface area contributed by atoms with Crippen molar-refractivity contribution in [2.24, 2.45) is 0 Å². The summed E-state index contributed by atoms with van der Waals surface area (Å²) in [7, 11) is 0. The molecule has 0 aliphatic carbocycles. The van der Waals surface area contributed by atoms with Crippen LogP contribution < -0.4 is 0 Å². The summed E-state index contributed by atoms with van der Waals surface area (Å²) in [5.74, 6) is 1.33. The maximum Gasteiger partial charge on any atom is 0.123 e. The Hall–Kier alpha value is -1.29. The molecule has 86 valence electrons. The van der Waals surface area contributed by atoms with E-state index in [-0.39, 0.29) is 0 Å². The van der Waals surface area contributed by atoms with Gasteiger partial charge in [0, 0.05) is 18.9 Å². The third kappa shape index (κ3) is 2.11. The van der Waals surface area contributed by atoms with Crippen LogP contribution in [-0.4, -0.2) is 19.3 Å². The van der Waals surface area contributed by atoms with Crippen LogP contribution in [0.5, 0.6) is 0 Å². The largest absolute Gasteiger partial charge is 0.328 e. The number of alkyl halides is 1. The molecule has 2 rings (SSSR count). The van der Waals surface area contributed by atoms with Gasteiger partial charge in [0.05, 0.1) is 23.8 Å². The zero-order valence-corrected chi connectivity index (χ0v) is 10.3. The minimum absolute atomic E-state index is 0.437. The molecular weight excluding hydrogens is 224 g/mol. The van der Waals surface area contributed by atoms with Gasteiger partial charge in [-0.05, 0) is 19.9 Å². The van der Waals surface area contributed by atoms with E-state index in [1.807, 2.05) is 17.8 Å². The number of nitrogens with zero attached hydrogens (tertiary/aromatic N) is 4. The molecule has 2 aromatic heterocycles. The van der Waals surface area contributed by atoms with Crippen molar-refractivity contribution in [2.45, 2.75) is 32.8 Å². The summed E-state index contributed by atoms with van der Waals surface area (Å²) in [4.78, 5) is 4.19. The molecule has 0 bridgehead atoms. The molecular formula is C11H15ClN4. The molecule has 0 saturated carbocycles. The van der Waals surface area contributed by atoms with Crippen LogP contribution in [-0.2, 0) is 19.0 Å². The van der Waals surface area contributed by atoms with E-state index in [1.54, 1.807) is 6.20 Å². The monoisotopic (exact) mass is 238 g/mol. The average Bonchev–Trinajstić information content (AvgIpc) is 2.85. The molecule has 4 nitrogen and oxygen atoms in total. The first-order valence-corrected chi connectivity index (χ1v) is 5.87. The Bertz CT molecular complexity index is 472. The molecule has 0 saturated heterocycles. The average molecular weight is 239 g/mol. The van der Waals surface area contributed by atoms with Gasteiger partial charge >= 0.3 is 0 Å². The van der Waals surface area contributed by atoms with Crippen molar-refractivity contribution < 1.29 is 0 Å². The summed E-state index contributed by atoms with van der Waals surface area (Å²) in [6.07, 6.45) is 3.72. The molecule has 2 aromatic rings. The van der Waals surface area contributed by atoms with Crippen molar-refractivity contribution in [3.8, 4) is 0 Å². The third-order valence-electron chi connectivity index (χ3n) is 2.54. The highest BCUT2D eigenvalue weighted by molar-refractivity contribution is 6.16. The molecule has 5 heteroatoms. The van der Waals surface area contributed by atoms with E-state index in [0.29, 0.717) is 5.88 Å². The van der Waals surface area contributed by atoms with Gasteiger partial charge in [0.2, 0.25) is 0 Å². The second-order valence-corrected chi connectivity index (χ2v) is 3.97. The third-order valence-corrected chi connectivity index (χ3v) is 2.78. The van der Waals surface area contributed by atoms with Crippen LogP contribution in [0, 0.1) is 6.92 Å². The Morgan fingerprint density at radius 1 is 1.44 bits per heavy atom. The summed E-state index contributed by atoms with van der Waals surface area (Å²) in [5, 5.41) is 4.42. The van der Waals surface area contributed by atoms with Gasteiger partial charge in [0.15, 0.2) is 0 Å². The Kier molecular flexibility index (Phi) is 3.29. The fourth-order valence-corrected chi connectivity index (χ4v) is 2.01. The molecule has 0 fully saturated rings. The smallest absolute Gasteiger partial charge is 0.123 e. The van der Waals surface area contributed by atoms with E-state index < -0.39 is 0 Å². The molecule has 0 atom stereocenters. The van der Waals surface area contributed by atoms with Gasteiger partial charge in [0.1, 0.15) is 5.82 Å². The van der Waals surface area contributed by atoms with E-state index in [4.69, 9.17) is 11.6 Å². The molecule has 0 aliphatic heterocycles. The molecule has 16 heavy (non-hydrogen) atoms. The van der Waals surface area contributed by atoms with Crippen LogP contribution in [0.4, 0.5) is 0 Å². The Morgan fingerprint density at radius 2 is 2.25 bits per heavy atom. The lowest BCUT2D eigenvalue weighted by atomic mass is 10.3. The Labute approximate surface area is 99.9 Å². The van der Waals surface area contributed by atoms with E-state index >= 15 is 0 Å². The predicted octanol–water partition coefficient (Wildman–Crippen LogP) is 2.20. The highest BCUT2D eigenvalue weighted by atomic mass is 35.5. The number of aromatic nitrogens is 4. The zero-order valence-electron chi connectivity index (χ0n) is 9.52. The maximum atomic E-state index is 5.81. The van der Waals surface area contributed by atoms with Gasteiger partial charge in [-0.15, -0.1) is 11.6 Å². The number of hydrogen-bond donors (Lipinski definition) is 0. The summed E-state index contributed by atoms with van der Waals surface area (Å²) < 4.78 is 4.06. The minimum Gasteiger partial charge on any atom is -0.328 e. The SMILES string of the molecule is CCn1nc(C)cc1Cn1ccnc1CCl. The van der Waals surface area contributed by atoms with Crippen LogP contribution in [0.15, 0.2) is 18.5 Å². The second kappa shape index (κ2) is 4.70. The lowest BCUT2D eigenvalue weighted by Crippen LogP contribution is -2.09. The number of imidazole rings is 1. The van der Waals surface area contributed by atoms with Crippen LogP contribution >= 0.6 is 11.6 Å². The number of rotatable bonds is 4. The zero-order chi connectivity index (χ0) is 11.5. The summed E-state index contributed by atoms with van der Waals surface area (Å²) >= 11 is 5.81. The summed E-state index contributed by atoms with van der Waals surface area (Å²) in [5.41, 5.74) is 2.23. The van der Waals surface area contributed by atoms with Gasteiger partial charge in [-0.2, -0.15) is 5.10 Å². The van der Waals surface area contributed by atoms with Crippen LogP contribution in [0.2, 0.25) is 0 Å². The van der Waals surface area contributed by atoms with Crippen LogP contribution in [0.1, 0.15) is 24.1 Å². The van der Waals surface area contributed by atoms with Crippen molar-refractivity contribution in [1.82, 2.24) is 19.3 Å². The normalized spacial score (nSPS) is 10.9. The highest BCUT2D eigenvalue weighted by Crippen LogP contribution is 2.09.